The molecule has 0 heterocycles. The van der Waals surface area contributed by atoms with Crippen LogP contribution in [0.15, 0.2) is 30.3 Å². The highest BCUT2D eigenvalue weighted by Crippen LogP contribution is 2.34. The van der Waals surface area contributed by atoms with Crippen LogP contribution in [-0.2, 0) is 14.3 Å². The molecule has 1 aliphatic rings. The third kappa shape index (κ3) is 9.96. The smallest absolute Gasteiger partial charge is 0.410 e. The summed E-state index contributed by atoms with van der Waals surface area (Å²) in [5, 5.41) is 10.3. The van der Waals surface area contributed by atoms with Crippen LogP contribution >= 0.6 is 0 Å². The van der Waals surface area contributed by atoms with Crippen LogP contribution < -0.4 is 5.32 Å². The van der Waals surface area contributed by atoms with Crippen LogP contribution in [0.3, 0.4) is 0 Å². The molecule has 2 N–H and O–H groups in total. The van der Waals surface area contributed by atoms with Gasteiger partial charge in [0, 0.05) is 19.4 Å². The summed E-state index contributed by atoms with van der Waals surface area (Å²) < 4.78 is 10.7. The van der Waals surface area contributed by atoms with Crippen LogP contribution in [-0.4, -0.2) is 36.0 Å². The van der Waals surface area contributed by atoms with Crippen molar-refractivity contribution >= 4 is 18.0 Å². The molecule has 1 aromatic rings. The average Bonchev–Trinajstić information content (AvgIpc) is 2.66. The number of rotatable bonds is 6. The second kappa shape index (κ2) is 12.1. The number of aliphatic carboxylic acids is 1. The van der Waals surface area contributed by atoms with Crippen LogP contribution in [0.1, 0.15) is 70.2 Å². The van der Waals surface area contributed by atoms with E-state index in [1.807, 2.05) is 19.9 Å². The summed E-state index contributed by atoms with van der Waals surface area (Å²) in [6.45, 7) is 7.56. The first-order chi connectivity index (χ1) is 13.6. The van der Waals surface area contributed by atoms with Gasteiger partial charge in [-0.25, -0.2) is 9.59 Å². The monoisotopic (exact) mass is 407 g/mol. The number of benzene rings is 1. The lowest BCUT2D eigenvalue weighted by Gasteiger charge is -2.33. The van der Waals surface area contributed by atoms with Crippen molar-refractivity contribution in [1.82, 2.24) is 5.32 Å². The normalized spacial score (nSPS) is 16.0. The fourth-order valence-electron chi connectivity index (χ4n) is 3.06. The number of hydrogen-bond donors (Lipinski definition) is 2. The molecular formula is C22H33NO6. The van der Waals surface area contributed by atoms with Crippen molar-refractivity contribution in [2.75, 3.05) is 6.54 Å². The maximum atomic E-state index is 12.2. The van der Waals surface area contributed by atoms with Crippen molar-refractivity contribution in [1.29, 1.82) is 0 Å². The number of carbonyl (C=O) groups excluding carboxylic acids is 2. The molecule has 0 radical (unpaired) electrons. The Morgan fingerprint density at radius 1 is 1.07 bits per heavy atom. The molecule has 29 heavy (non-hydrogen) atoms. The summed E-state index contributed by atoms with van der Waals surface area (Å²) in [6, 6.07) is 8.69. The molecule has 162 valence electrons. The maximum Gasteiger partial charge on any atom is 0.410 e. The van der Waals surface area contributed by atoms with Gasteiger partial charge in [0.05, 0.1) is 5.56 Å². The molecule has 2 rings (SSSR count). The largest absolute Gasteiger partial charge is 0.481 e. The average molecular weight is 408 g/mol. The molecule has 0 saturated heterocycles. The van der Waals surface area contributed by atoms with Gasteiger partial charge in [0.1, 0.15) is 0 Å². The number of carboxylic acids is 1. The third-order valence-electron chi connectivity index (χ3n) is 4.72. The van der Waals surface area contributed by atoms with Gasteiger partial charge in [0.2, 0.25) is 0 Å². The Morgan fingerprint density at radius 3 is 2.14 bits per heavy atom. The van der Waals surface area contributed by atoms with E-state index in [9.17, 15) is 9.59 Å². The number of amides is 1. The van der Waals surface area contributed by atoms with Crippen molar-refractivity contribution in [3.8, 4) is 0 Å². The first-order valence-electron chi connectivity index (χ1n) is 10.0. The van der Waals surface area contributed by atoms with E-state index in [0.717, 1.165) is 19.8 Å². The van der Waals surface area contributed by atoms with Crippen LogP contribution in [0.5, 0.6) is 0 Å². The van der Waals surface area contributed by atoms with Crippen LogP contribution in [0.4, 0.5) is 4.79 Å². The Bertz CT molecular complexity index is 649. The topological polar surface area (TPSA) is 102 Å². The van der Waals surface area contributed by atoms with E-state index in [-0.39, 0.29) is 11.3 Å². The van der Waals surface area contributed by atoms with E-state index in [0.29, 0.717) is 12.1 Å². The van der Waals surface area contributed by atoms with Gasteiger partial charge < -0.3 is 19.9 Å². The number of nitrogens with one attached hydrogen (secondary N) is 1. The summed E-state index contributed by atoms with van der Waals surface area (Å²) in [5.41, 5.74) is 0.567. The van der Waals surface area contributed by atoms with E-state index in [2.05, 4.69) is 12.2 Å². The molecule has 0 bridgehead atoms. The summed E-state index contributed by atoms with van der Waals surface area (Å²) in [4.78, 5) is 33.3. The van der Waals surface area contributed by atoms with E-state index < -0.39 is 24.3 Å². The highest BCUT2D eigenvalue weighted by molar-refractivity contribution is 5.89. The number of ether oxygens (including phenoxy) is 2. The molecular weight excluding hydrogens is 374 g/mol. The fourth-order valence-corrected chi connectivity index (χ4v) is 3.06. The number of esters is 1. The number of carboxylic acid groups (broad SMARTS) is 1. The van der Waals surface area contributed by atoms with Gasteiger partial charge in [-0.15, -0.1) is 0 Å². The molecule has 0 spiro atoms. The summed E-state index contributed by atoms with van der Waals surface area (Å²) in [6.07, 6.45) is 4.46. The summed E-state index contributed by atoms with van der Waals surface area (Å²) in [5.74, 6) is -1.46. The SMILES string of the molecule is CC(=O)O.CC(C)C(OC(=O)NCC1(C)CCCCC1)OC(=O)c1ccccc1. The Morgan fingerprint density at radius 2 is 1.62 bits per heavy atom. The maximum absolute atomic E-state index is 12.2. The van der Waals surface area contributed by atoms with Gasteiger partial charge in [-0.05, 0) is 30.4 Å². The molecule has 1 fully saturated rings. The summed E-state index contributed by atoms with van der Waals surface area (Å²) in [7, 11) is 0. The van der Waals surface area contributed by atoms with Gasteiger partial charge in [-0.1, -0.05) is 58.2 Å². The molecule has 0 aliphatic heterocycles. The second-order valence-corrected chi connectivity index (χ2v) is 8.03. The first-order valence-corrected chi connectivity index (χ1v) is 10.0. The van der Waals surface area contributed by atoms with Crippen molar-refractivity contribution in [3.63, 3.8) is 0 Å². The quantitative estimate of drug-likeness (QED) is 0.527. The Labute approximate surface area is 172 Å². The lowest BCUT2D eigenvalue weighted by atomic mass is 9.76. The summed E-state index contributed by atoms with van der Waals surface area (Å²) >= 11 is 0. The molecule has 1 aromatic carbocycles. The second-order valence-electron chi connectivity index (χ2n) is 8.03. The van der Waals surface area contributed by atoms with E-state index in [1.54, 1.807) is 24.3 Å². The minimum absolute atomic E-state index is 0.130. The highest BCUT2D eigenvalue weighted by atomic mass is 16.7. The van der Waals surface area contributed by atoms with Crippen LogP contribution in [0, 0.1) is 11.3 Å². The first kappa shape index (κ1) is 24.5. The molecule has 1 aliphatic carbocycles. The highest BCUT2D eigenvalue weighted by Gasteiger charge is 2.29. The molecule has 1 saturated carbocycles. The van der Waals surface area contributed by atoms with E-state index >= 15 is 0 Å². The van der Waals surface area contributed by atoms with Gasteiger partial charge >= 0.3 is 12.1 Å². The van der Waals surface area contributed by atoms with Crippen molar-refractivity contribution in [2.24, 2.45) is 11.3 Å². The number of hydrogen-bond acceptors (Lipinski definition) is 5. The minimum Gasteiger partial charge on any atom is -0.481 e. The number of alkyl carbamates (subject to hydrolysis) is 1. The van der Waals surface area contributed by atoms with Crippen LogP contribution in [0.25, 0.3) is 0 Å². The molecule has 1 atom stereocenters. The Hall–Kier alpha value is -2.57. The Kier molecular flexibility index (Phi) is 10.2. The van der Waals surface area contributed by atoms with Crippen molar-refractivity contribution in [3.05, 3.63) is 35.9 Å². The molecule has 0 aromatic heterocycles. The molecule has 1 amide bonds. The lowest BCUT2D eigenvalue weighted by molar-refractivity contribution is -0.134. The molecule has 1 unspecified atom stereocenters. The standard InChI is InChI=1S/C20H29NO4.C2H4O2/c1-15(2)18(24-17(22)16-10-6-4-7-11-16)25-19(23)21-14-20(3)12-8-5-9-13-20;1-2(3)4/h4,6-7,10-11,15,18H,5,8-9,12-14H2,1-3H3,(H,21,23);1H3,(H,3,4). The Balaban J connectivity index is 0.000000960. The van der Waals surface area contributed by atoms with Crippen molar-refractivity contribution in [2.45, 2.75) is 66.1 Å². The molecule has 7 nitrogen and oxygen atoms in total. The van der Waals surface area contributed by atoms with Gasteiger partial charge in [0.25, 0.3) is 12.3 Å². The predicted molar refractivity (Wildman–Crippen MR) is 109 cm³/mol. The van der Waals surface area contributed by atoms with E-state index in [1.165, 1.54) is 19.3 Å². The zero-order chi connectivity index (χ0) is 21.9. The molecule has 7 heteroatoms. The van der Waals surface area contributed by atoms with Crippen molar-refractivity contribution < 1.29 is 29.0 Å². The zero-order valence-electron chi connectivity index (χ0n) is 17.8. The minimum atomic E-state index is -0.910. The van der Waals surface area contributed by atoms with Gasteiger partial charge in [0.15, 0.2) is 0 Å². The zero-order valence-corrected chi connectivity index (χ0v) is 17.8. The van der Waals surface area contributed by atoms with Gasteiger partial charge in [-0.3, -0.25) is 4.79 Å². The number of carbonyl (C=O) groups is 3. The fraction of sp³-hybridized carbons (Fsp3) is 0.591. The van der Waals surface area contributed by atoms with E-state index in [4.69, 9.17) is 19.4 Å². The predicted octanol–water partition coefficient (Wildman–Crippen LogP) is 4.61. The van der Waals surface area contributed by atoms with Gasteiger partial charge in [-0.2, -0.15) is 0 Å². The third-order valence-corrected chi connectivity index (χ3v) is 4.72. The van der Waals surface area contributed by atoms with Crippen LogP contribution in [0.2, 0.25) is 0 Å². The lowest BCUT2D eigenvalue weighted by Crippen LogP contribution is -2.40.